The van der Waals surface area contributed by atoms with Crippen molar-refractivity contribution in [2.24, 2.45) is 11.8 Å². The monoisotopic (exact) mass is 370 g/mol. The minimum absolute atomic E-state index is 0.186. The fraction of sp³-hybridized carbons (Fsp3) is 0.667. The molecule has 1 aliphatic rings. The van der Waals surface area contributed by atoms with Crippen LogP contribution in [-0.4, -0.2) is 53.7 Å². The predicted molar refractivity (Wildman–Crippen MR) is 98.7 cm³/mol. The van der Waals surface area contributed by atoms with Gasteiger partial charge in [0.15, 0.2) is 11.5 Å². The Morgan fingerprint density at radius 1 is 1.12 bits per heavy atom. The van der Waals surface area contributed by atoms with Crippen molar-refractivity contribution in [1.29, 1.82) is 0 Å². The van der Waals surface area contributed by atoms with Crippen LogP contribution in [0, 0.1) is 11.8 Å². The molecule has 1 aromatic rings. The lowest BCUT2D eigenvalue weighted by atomic mass is 9.92. The summed E-state index contributed by atoms with van der Waals surface area (Å²) in [6.07, 6.45) is 2.08. The van der Waals surface area contributed by atoms with Gasteiger partial charge in [0.1, 0.15) is 0 Å². The summed E-state index contributed by atoms with van der Waals surface area (Å²) in [5.74, 6) is 2.34. The summed E-state index contributed by atoms with van der Waals surface area (Å²) in [7, 11) is -0.538. The highest BCUT2D eigenvalue weighted by Crippen LogP contribution is 2.29. The first-order chi connectivity index (χ1) is 11.9. The lowest BCUT2D eigenvalue weighted by Crippen LogP contribution is -2.40. The van der Waals surface area contributed by atoms with E-state index < -0.39 is 10.0 Å². The van der Waals surface area contributed by atoms with Gasteiger partial charge in [-0.3, -0.25) is 0 Å². The summed E-state index contributed by atoms with van der Waals surface area (Å²) >= 11 is 0. The molecule has 1 aliphatic heterocycles. The normalized spacial score (nSPS) is 21.9. The number of methoxy groups -OCH3 is 2. The second-order valence-corrected chi connectivity index (χ2v) is 8.74. The molecule has 0 amide bonds. The van der Waals surface area contributed by atoms with Gasteiger partial charge in [0.25, 0.3) is 0 Å². The Labute approximate surface area is 151 Å². The third-order valence-electron chi connectivity index (χ3n) is 4.55. The molecule has 0 radical (unpaired) electrons. The highest BCUT2D eigenvalue weighted by Gasteiger charge is 2.21. The maximum atomic E-state index is 12.4. The summed E-state index contributed by atoms with van der Waals surface area (Å²) in [6, 6.07) is 4.61. The molecule has 0 aliphatic carbocycles. The minimum Gasteiger partial charge on any atom is -0.493 e. The van der Waals surface area contributed by atoms with E-state index in [0.29, 0.717) is 29.9 Å². The van der Waals surface area contributed by atoms with Crippen molar-refractivity contribution >= 4 is 10.0 Å². The first kappa shape index (κ1) is 20.0. The molecule has 0 aromatic heterocycles. The number of hydrogen-bond acceptors (Lipinski definition) is 5. The predicted octanol–water partition coefficient (Wildman–Crippen LogP) is 2.35. The van der Waals surface area contributed by atoms with E-state index in [2.05, 4.69) is 23.5 Å². The Hall–Kier alpha value is -1.31. The first-order valence-electron chi connectivity index (χ1n) is 8.79. The van der Waals surface area contributed by atoms with Crippen LogP contribution in [0.1, 0.15) is 26.7 Å². The highest BCUT2D eigenvalue weighted by atomic mass is 32.2. The number of benzene rings is 1. The van der Waals surface area contributed by atoms with Gasteiger partial charge in [-0.1, -0.05) is 13.8 Å². The topological polar surface area (TPSA) is 67.9 Å². The van der Waals surface area contributed by atoms with Crippen molar-refractivity contribution in [3.05, 3.63) is 18.2 Å². The second kappa shape index (κ2) is 8.87. The molecule has 1 N–H and O–H groups in total. The fourth-order valence-electron chi connectivity index (χ4n) is 3.55. The first-order valence-corrected chi connectivity index (χ1v) is 10.3. The third kappa shape index (κ3) is 5.59. The number of ether oxygens (including phenoxy) is 2. The van der Waals surface area contributed by atoms with Crippen LogP contribution >= 0.6 is 0 Å². The molecule has 142 valence electrons. The van der Waals surface area contributed by atoms with E-state index in [4.69, 9.17) is 9.47 Å². The van der Waals surface area contributed by atoms with Gasteiger partial charge in [-0.25, -0.2) is 13.1 Å². The van der Waals surface area contributed by atoms with Crippen molar-refractivity contribution in [1.82, 2.24) is 9.62 Å². The maximum Gasteiger partial charge on any atom is 0.240 e. The summed E-state index contributed by atoms with van der Waals surface area (Å²) in [6.45, 7) is 8.11. The van der Waals surface area contributed by atoms with E-state index in [1.165, 1.54) is 32.8 Å². The Morgan fingerprint density at radius 2 is 1.76 bits per heavy atom. The van der Waals surface area contributed by atoms with Crippen LogP contribution in [0.3, 0.4) is 0 Å². The zero-order valence-electron chi connectivity index (χ0n) is 15.6. The molecule has 6 nitrogen and oxygen atoms in total. The van der Waals surface area contributed by atoms with E-state index in [1.807, 2.05) is 0 Å². The molecular weight excluding hydrogens is 340 g/mol. The lowest BCUT2D eigenvalue weighted by molar-refractivity contribution is 0.140. The molecule has 1 fully saturated rings. The minimum atomic E-state index is -3.55. The number of piperidine rings is 1. The number of nitrogens with zero attached hydrogens (tertiary/aromatic N) is 1. The van der Waals surface area contributed by atoms with Gasteiger partial charge in [0.05, 0.1) is 19.1 Å². The highest BCUT2D eigenvalue weighted by molar-refractivity contribution is 7.89. The smallest absolute Gasteiger partial charge is 0.240 e. The van der Waals surface area contributed by atoms with Gasteiger partial charge >= 0.3 is 0 Å². The van der Waals surface area contributed by atoms with Crippen LogP contribution in [0.5, 0.6) is 11.5 Å². The van der Waals surface area contributed by atoms with Crippen LogP contribution in [0.2, 0.25) is 0 Å². The van der Waals surface area contributed by atoms with Crippen LogP contribution in [0.25, 0.3) is 0 Å². The molecule has 0 unspecified atom stereocenters. The standard InChI is InChI=1S/C18H30N2O4S/c1-14-10-15(2)13-20(12-14)9-5-8-19-25(21,22)16-6-7-17(23-3)18(11-16)24-4/h6-7,11,14-15,19H,5,8-10,12-13H2,1-4H3/t14-,15+. The molecule has 25 heavy (non-hydrogen) atoms. The average Bonchev–Trinajstić information content (AvgIpc) is 2.57. The molecule has 1 aromatic carbocycles. The number of nitrogens with one attached hydrogen (secondary N) is 1. The summed E-state index contributed by atoms with van der Waals surface area (Å²) in [5, 5.41) is 0. The second-order valence-electron chi connectivity index (χ2n) is 6.97. The van der Waals surface area contributed by atoms with Gasteiger partial charge in [-0.15, -0.1) is 0 Å². The van der Waals surface area contributed by atoms with Gasteiger partial charge in [0, 0.05) is 25.7 Å². The average molecular weight is 371 g/mol. The number of rotatable bonds is 8. The Bertz CT molecular complexity index is 653. The van der Waals surface area contributed by atoms with E-state index in [0.717, 1.165) is 26.1 Å². The number of hydrogen-bond donors (Lipinski definition) is 1. The Morgan fingerprint density at radius 3 is 2.36 bits per heavy atom. The van der Waals surface area contributed by atoms with Gasteiger partial charge in [-0.05, 0) is 43.4 Å². The Balaban J connectivity index is 1.87. The molecule has 0 saturated carbocycles. The van der Waals surface area contributed by atoms with Crippen molar-refractivity contribution in [3.8, 4) is 11.5 Å². The van der Waals surface area contributed by atoms with E-state index >= 15 is 0 Å². The summed E-state index contributed by atoms with van der Waals surface area (Å²) in [4.78, 5) is 2.62. The largest absolute Gasteiger partial charge is 0.493 e. The molecule has 1 heterocycles. The molecular formula is C18H30N2O4S. The maximum absolute atomic E-state index is 12.4. The lowest BCUT2D eigenvalue weighted by Gasteiger charge is -2.34. The van der Waals surface area contributed by atoms with Crippen LogP contribution in [-0.2, 0) is 10.0 Å². The zero-order valence-corrected chi connectivity index (χ0v) is 16.4. The van der Waals surface area contributed by atoms with E-state index in [9.17, 15) is 8.42 Å². The van der Waals surface area contributed by atoms with E-state index in [1.54, 1.807) is 6.07 Å². The van der Waals surface area contributed by atoms with Crippen LogP contribution in [0.4, 0.5) is 0 Å². The summed E-state index contributed by atoms with van der Waals surface area (Å²) < 4.78 is 37.9. The van der Waals surface area contributed by atoms with Gasteiger partial charge < -0.3 is 14.4 Å². The molecule has 0 bridgehead atoms. The molecule has 7 heteroatoms. The summed E-state index contributed by atoms with van der Waals surface area (Å²) in [5.41, 5.74) is 0. The third-order valence-corrected chi connectivity index (χ3v) is 6.01. The van der Waals surface area contributed by atoms with Crippen LogP contribution in [0.15, 0.2) is 23.1 Å². The quantitative estimate of drug-likeness (QED) is 0.712. The van der Waals surface area contributed by atoms with Crippen molar-refractivity contribution in [3.63, 3.8) is 0 Å². The van der Waals surface area contributed by atoms with Gasteiger partial charge in [0.2, 0.25) is 10.0 Å². The van der Waals surface area contributed by atoms with E-state index in [-0.39, 0.29) is 4.90 Å². The molecule has 1 saturated heterocycles. The molecule has 2 rings (SSSR count). The fourth-order valence-corrected chi connectivity index (χ4v) is 4.64. The zero-order chi connectivity index (χ0) is 18.4. The van der Waals surface area contributed by atoms with Crippen LogP contribution < -0.4 is 14.2 Å². The molecule has 2 atom stereocenters. The van der Waals surface area contributed by atoms with Crippen molar-refractivity contribution in [2.45, 2.75) is 31.6 Å². The Kier molecular flexibility index (Phi) is 7.10. The number of sulfonamides is 1. The SMILES string of the molecule is COc1ccc(S(=O)(=O)NCCCN2C[C@H](C)C[C@H](C)C2)cc1OC. The molecule has 0 spiro atoms. The number of likely N-dealkylation sites (tertiary alicyclic amines) is 1. The van der Waals surface area contributed by atoms with Crippen molar-refractivity contribution in [2.75, 3.05) is 40.4 Å². The van der Waals surface area contributed by atoms with Gasteiger partial charge in [-0.2, -0.15) is 0 Å². The van der Waals surface area contributed by atoms with Crippen molar-refractivity contribution < 1.29 is 17.9 Å².